The number of nitrogens with zero attached hydrogens (tertiary/aromatic N) is 1. The summed E-state index contributed by atoms with van der Waals surface area (Å²) >= 11 is 0. The van der Waals surface area contributed by atoms with Crippen molar-refractivity contribution >= 4 is 17.8 Å². The van der Waals surface area contributed by atoms with Crippen molar-refractivity contribution < 1.29 is 18.8 Å². The average Bonchev–Trinajstić information content (AvgIpc) is 3.39. The Balaban J connectivity index is 1.48. The minimum Gasteiger partial charge on any atom is -0.467 e. The largest absolute Gasteiger partial charge is 0.467 e. The van der Waals surface area contributed by atoms with Crippen molar-refractivity contribution in [3.05, 3.63) is 59.0 Å². The summed E-state index contributed by atoms with van der Waals surface area (Å²) in [6.07, 6.45) is 4.67. The summed E-state index contributed by atoms with van der Waals surface area (Å²) in [6, 6.07) is 8.50. The number of carbonyl (C=O) groups is 3. The fraction of sp³-hybridized carbons (Fsp3) is 0.381. The number of urea groups is 1. The van der Waals surface area contributed by atoms with Gasteiger partial charge in [0.05, 0.1) is 12.3 Å². The van der Waals surface area contributed by atoms with Gasteiger partial charge in [-0.15, -0.1) is 0 Å². The lowest BCUT2D eigenvalue weighted by molar-refractivity contribution is -0.135. The number of hydrogen-bond donors (Lipinski definition) is 2. The second-order valence-corrected chi connectivity index (χ2v) is 7.59. The topological polar surface area (TPSA) is 91.7 Å². The molecule has 0 spiro atoms. The molecule has 0 saturated carbocycles. The summed E-state index contributed by atoms with van der Waals surface area (Å²) in [5, 5.41) is 5.51. The van der Waals surface area contributed by atoms with E-state index >= 15 is 0 Å². The molecule has 1 aliphatic heterocycles. The van der Waals surface area contributed by atoms with Crippen molar-refractivity contribution in [2.75, 3.05) is 6.54 Å². The molecule has 7 heteroatoms. The Morgan fingerprint density at radius 3 is 2.82 bits per heavy atom. The molecule has 2 heterocycles. The average molecular weight is 381 g/mol. The van der Waals surface area contributed by atoms with Crippen molar-refractivity contribution in [2.24, 2.45) is 0 Å². The monoisotopic (exact) mass is 381 g/mol. The van der Waals surface area contributed by atoms with E-state index in [1.807, 2.05) is 18.2 Å². The van der Waals surface area contributed by atoms with Gasteiger partial charge in [0.15, 0.2) is 0 Å². The van der Waals surface area contributed by atoms with Crippen LogP contribution < -0.4 is 10.6 Å². The van der Waals surface area contributed by atoms with Crippen LogP contribution in [-0.4, -0.2) is 29.3 Å². The maximum atomic E-state index is 13.0. The lowest BCUT2D eigenvalue weighted by Crippen LogP contribution is -2.43. The Morgan fingerprint density at radius 2 is 2.07 bits per heavy atom. The Kier molecular flexibility index (Phi) is 4.45. The highest BCUT2D eigenvalue weighted by molar-refractivity contribution is 6.09. The van der Waals surface area contributed by atoms with E-state index in [0.717, 1.165) is 29.7 Å². The highest BCUT2D eigenvalue weighted by Gasteiger charge is 2.49. The van der Waals surface area contributed by atoms with E-state index in [-0.39, 0.29) is 12.6 Å². The number of fused-ring (bicyclic) bond motifs is 1. The van der Waals surface area contributed by atoms with Gasteiger partial charge in [0.25, 0.3) is 5.91 Å². The molecular formula is C21H23N3O4. The molecule has 7 nitrogen and oxygen atoms in total. The van der Waals surface area contributed by atoms with Crippen LogP contribution in [0.4, 0.5) is 4.79 Å². The van der Waals surface area contributed by atoms with Crippen LogP contribution in [0.1, 0.15) is 48.8 Å². The molecule has 2 aromatic rings. The van der Waals surface area contributed by atoms with E-state index < -0.39 is 23.4 Å². The van der Waals surface area contributed by atoms with Gasteiger partial charge in [0.2, 0.25) is 5.91 Å². The van der Waals surface area contributed by atoms with E-state index in [0.29, 0.717) is 5.76 Å². The first-order chi connectivity index (χ1) is 13.4. The number of nitrogens with one attached hydrogen (secondary N) is 2. The summed E-state index contributed by atoms with van der Waals surface area (Å²) in [6.45, 7) is 3.13. The van der Waals surface area contributed by atoms with Crippen molar-refractivity contribution in [3.63, 3.8) is 0 Å². The summed E-state index contributed by atoms with van der Waals surface area (Å²) in [4.78, 5) is 38.8. The van der Waals surface area contributed by atoms with E-state index in [2.05, 4.69) is 10.6 Å². The van der Waals surface area contributed by atoms with E-state index in [9.17, 15) is 14.4 Å². The summed E-state index contributed by atoms with van der Waals surface area (Å²) in [5.74, 6) is -0.240. The van der Waals surface area contributed by atoms with Gasteiger partial charge in [-0.25, -0.2) is 4.79 Å². The molecule has 4 rings (SSSR count). The standard InChI is InChI=1S/C21H23N3O4/c1-13(17-7-4-10-28-17)22-18(25)12-24-19(26)21(2,23-20(24)27)16-9-8-14-5-3-6-15(14)11-16/h4,7-11,13H,3,5-6,12H2,1-2H3,(H,22,25)(H,23,27). The first-order valence-corrected chi connectivity index (χ1v) is 9.47. The predicted molar refractivity (Wildman–Crippen MR) is 101 cm³/mol. The molecule has 1 aromatic heterocycles. The molecule has 1 saturated heterocycles. The van der Waals surface area contributed by atoms with Crippen molar-refractivity contribution in [1.29, 1.82) is 0 Å². The third-order valence-electron chi connectivity index (χ3n) is 5.60. The zero-order valence-corrected chi connectivity index (χ0v) is 16.0. The molecule has 2 N–H and O–H groups in total. The van der Waals surface area contributed by atoms with Crippen LogP contribution in [0.3, 0.4) is 0 Å². The Hall–Kier alpha value is -3.09. The van der Waals surface area contributed by atoms with E-state index in [1.165, 1.54) is 17.4 Å². The lowest BCUT2D eigenvalue weighted by Gasteiger charge is -2.23. The number of aryl methyl sites for hydroxylation is 2. The molecule has 0 bridgehead atoms. The molecule has 0 radical (unpaired) electrons. The second-order valence-electron chi connectivity index (χ2n) is 7.59. The first-order valence-electron chi connectivity index (χ1n) is 9.47. The fourth-order valence-corrected chi connectivity index (χ4v) is 3.96. The molecule has 28 heavy (non-hydrogen) atoms. The summed E-state index contributed by atoms with van der Waals surface area (Å²) in [7, 11) is 0. The number of rotatable bonds is 5. The summed E-state index contributed by atoms with van der Waals surface area (Å²) in [5.41, 5.74) is 2.11. The molecule has 2 aliphatic rings. The first kappa shape index (κ1) is 18.3. The minimum absolute atomic E-state index is 0.337. The zero-order valence-electron chi connectivity index (χ0n) is 16.0. The van der Waals surface area contributed by atoms with Gasteiger partial charge in [-0.2, -0.15) is 0 Å². The number of imide groups is 1. The molecular weight excluding hydrogens is 358 g/mol. The van der Waals surface area contributed by atoms with Crippen molar-refractivity contribution in [2.45, 2.75) is 44.7 Å². The van der Waals surface area contributed by atoms with Gasteiger partial charge in [0.1, 0.15) is 17.8 Å². The maximum Gasteiger partial charge on any atom is 0.325 e. The van der Waals surface area contributed by atoms with Crippen LogP contribution in [0, 0.1) is 0 Å². The van der Waals surface area contributed by atoms with Crippen LogP contribution in [-0.2, 0) is 28.0 Å². The molecule has 4 amide bonds. The smallest absolute Gasteiger partial charge is 0.325 e. The van der Waals surface area contributed by atoms with Crippen LogP contribution >= 0.6 is 0 Å². The van der Waals surface area contributed by atoms with Crippen LogP contribution in [0.5, 0.6) is 0 Å². The maximum absolute atomic E-state index is 13.0. The van der Waals surface area contributed by atoms with E-state index in [1.54, 1.807) is 26.0 Å². The van der Waals surface area contributed by atoms with Gasteiger partial charge in [0, 0.05) is 0 Å². The quantitative estimate of drug-likeness (QED) is 0.778. The van der Waals surface area contributed by atoms with Gasteiger partial charge in [-0.1, -0.05) is 18.2 Å². The van der Waals surface area contributed by atoms with Gasteiger partial charge in [-0.3, -0.25) is 14.5 Å². The predicted octanol–water partition coefficient (Wildman–Crippen LogP) is 2.41. The van der Waals surface area contributed by atoms with Crippen LogP contribution in [0.2, 0.25) is 0 Å². The Bertz CT molecular complexity index is 937. The van der Waals surface area contributed by atoms with Gasteiger partial charge < -0.3 is 15.1 Å². The third-order valence-corrected chi connectivity index (χ3v) is 5.60. The fourth-order valence-electron chi connectivity index (χ4n) is 3.96. The van der Waals surface area contributed by atoms with Crippen molar-refractivity contribution in [1.82, 2.24) is 15.5 Å². The number of furan rings is 1. The van der Waals surface area contributed by atoms with E-state index in [4.69, 9.17) is 4.42 Å². The highest BCUT2D eigenvalue weighted by Crippen LogP contribution is 2.32. The molecule has 2 atom stereocenters. The third kappa shape index (κ3) is 3.06. The summed E-state index contributed by atoms with van der Waals surface area (Å²) < 4.78 is 5.26. The number of amides is 4. The number of benzene rings is 1. The van der Waals surface area contributed by atoms with Crippen LogP contribution in [0.15, 0.2) is 41.0 Å². The number of hydrogen-bond acceptors (Lipinski definition) is 4. The SMILES string of the molecule is CC(NC(=O)CN1C(=O)NC(C)(c2ccc3c(c2)CCC3)C1=O)c1ccco1. The Labute approximate surface area is 163 Å². The Morgan fingerprint density at radius 1 is 1.29 bits per heavy atom. The van der Waals surface area contributed by atoms with Crippen LogP contribution in [0.25, 0.3) is 0 Å². The highest BCUT2D eigenvalue weighted by atomic mass is 16.3. The molecule has 146 valence electrons. The van der Waals surface area contributed by atoms with Gasteiger partial charge >= 0.3 is 6.03 Å². The molecule has 1 aliphatic carbocycles. The molecule has 1 aromatic carbocycles. The zero-order chi connectivity index (χ0) is 19.9. The van der Waals surface area contributed by atoms with Crippen molar-refractivity contribution in [3.8, 4) is 0 Å². The normalized spacial score (nSPS) is 22.1. The lowest BCUT2D eigenvalue weighted by atomic mass is 9.89. The second kappa shape index (κ2) is 6.82. The molecule has 1 fully saturated rings. The van der Waals surface area contributed by atoms with Gasteiger partial charge in [-0.05, 0) is 61.9 Å². The number of carbonyl (C=O) groups excluding carboxylic acids is 3. The minimum atomic E-state index is -1.17. The molecule has 2 unspecified atom stereocenters.